The number of aryl methyl sites for hydroxylation is 2. The molecule has 0 unspecified atom stereocenters. The summed E-state index contributed by atoms with van der Waals surface area (Å²) in [5.74, 6) is 0. The Morgan fingerprint density at radius 2 is 2.00 bits per heavy atom. The lowest BCUT2D eigenvalue weighted by atomic mass is 10.2. The largest absolute Gasteiger partial charge is 0.306 e. The summed E-state index contributed by atoms with van der Waals surface area (Å²) in [6, 6.07) is 7.89. The molecule has 2 nitrogen and oxygen atoms in total. The maximum absolute atomic E-state index is 6.08. The first-order valence-electron chi connectivity index (χ1n) is 5.54. The Hall–Kier alpha value is -0.900. The number of halogens is 1. The molecule has 4 heteroatoms. The predicted molar refractivity (Wildman–Crippen MR) is 73.6 cm³/mol. The van der Waals surface area contributed by atoms with Crippen LogP contribution in [0.1, 0.15) is 21.1 Å². The van der Waals surface area contributed by atoms with Crippen LogP contribution in [-0.2, 0) is 13.1 Å². The fourth-order valence-corrected chi connectivity index (χ4v) is 2.67. The van der Waals surface area contributed by atoms with Crippen LogP contribution in [-0.4, -0.2) is 4.98 Å². The Balaban J connectivity index is 1.90. The first-order valence-corrected chi connectivity index (χ1v) is 6.73. The smallest absolute Gasteiger partial charge is 0.107 e. The Bertz CT molecular complexity index is 488. The molecule has 1 aromatic heterocycles. The quantitative estimate of drug-likeness (QED) is 0.913. The summed E-state index contributed by atoms with van der Waals surface area (Å²) in [4.78, 5) is 5.78. The number of thiazole rings is 1. The van der Waals surface area contributed by atoms with Crippen LogP contribution in [0.4, 0.5) is 0 Å². The van der Waals surface area contributed by atoms with Crippen molar-refractivity contribution in [2.45, 2.75) is 26.9 Å². The molecule has 90 valence electrons. The fourth-order valence-electron chi connectivity index (χ4n) is 1.56. The molecule has 0 fully saturated rings. The van der Waals surface area contributed by atoms with E-state index < -0.39 is 0 Å². The van der Waals surface area contributed by atoms with Gasteiger partial charge in [-0.25, -0.2) is 4.98 Å². The second-order valence-electron chi connectivity index (χ2n) is 3.94. The molecule has 0 aliphatic rings. The van der Waals surface area contributed by atoms with E-state index in [1.165, 1.54) is 4.88 Å². The Kier molecular flexibility index (Phi) is 4.15. The van der Waals surface area contributed by atoms with Gasteiger partial charge in [0.05, 0.1) is 5.69 Å². The van der Waals surface area contributed by atoms with Crippen LogP contribution in [0.3, 0.4) is 0 Å². The van der Waals surface area contributed by atoms with E-state index in [9.17, 15) is 0 Å². The van der Waals surface area contributed by atoms with Gasteiger partial charge >= 0.3 is 0 Å². The summed E-state index contributed by atoms with van der Waals surface area (Å²) >= 11 is 7.83. The van der Waals surface area contributed by atoms with Gasteiger partial charge in [-0.3, -0.25) is 0 Å². The van der Waals surface area contributed by atoms with Gasteiger partial charge in [0.15, 0.2) is 0 Å². The second-order valence-corrected chi connectivity index (χ2v) is 5.64. The molecule has 0 amide bonds. The maximum Gasteiger partial charge on any atom is 0.107 e. The molecule has 1 N–H and O–H groups in total. The van der Waals surface area contributed by atoms with Crippen molar-refractivity contribution < 1.29 is 0 Å². The number of hydrogen-bond donors (Lipinski definition) is 1. The van der Waals surface area contributed by atoms with Crippen LogP contribution in [0, 0.1) is 13.8 Å². The van der Waals surface area contributed by atoms with Crippen LogP contribution in [0.2, 0.25) is 5.02 Å². The molecular formula is C13H15ClN2S. The van der Waals surface area contributed by atoms with Gasteiger partial charge in [0.25, 0.3) is 0 Å². The van der Waals surface area contributed by atoms with Crippen LogP contribution < -0.4 is 5.32 Å². The predicted octanol–water partition coefficient (Wildman–Crippen LogP) is 3.70. The monoisotopic (exact) mass is 266 g/mol. The zero-order chi connectivity index (χ0) is 12.3. The third-order valence-corrected chi connectivity index (χ3v) is 4.06. The Morgan fingerprint density at radius 3 is 2.65 bits per heavy atom. The highest BCUT2D eigenvalue weighted by Gasteiger charge is 2.03. The lowest BCUT2D eigenvalue weighted by Crippen LogP contribution is -2.12. The maximum atomic E-state index is 6.08. The van der Waals surface area contributed by atoms with Gasteiger partial charge in [0, 0.05) is 23.0 Å². The van der Waals surface area contributed by atoms with Gasteiger partial charge < -0.3 is 5.32 Å². The first-order chi connectivity index (χ1) is 8.16. The van der Waals surface area contributed by atoms with Crippen molar-refractivity contribution in [3.8, 4) is 0 Å². The number of hydrogen-bond acceptors (Lipinski definition) is 3. The number of nitrogens with one attached hydrogen (secondary N) is 1. The highest BCUT2D eigenvalue weighted by Crippen LogP contribution is 2.17. The van der Waals surface area contributed by atoms with Crippen LogP contribution in [0.25, 0.3) is 0 Å². The third kappa shape index (κ3) is 3.28. The molecule has 0 aliphatic carbocycles. The summed E-state index contributed by atoms with van der Waals surface area (Å²) in [5, 5.41) is 5.31. The van der Waals surface area contributed by atoms with E-state index >= 15 is 0 Å². The van der Waals surface area contributed by atoms with E-state index in [0.29, 0.717) is 0 Å². The zero-order valence-corrected chi connectivity index (χ0v) is 11.5. The highest BCUT2D eigenvalue weighted by atomic mass is 35.5. The standard InChI is InChI=1S/C13H15ClN2S/c1-9-10(2)17-13(16-9)8-15-7-11-5-3-4-6-12(11)14/h3-6,15H,7-8H2,1-2H3. The molecule has 2 rings (SSSR count). The average Bonchev–Trinajstić information content (AvgIpc) is 2.61. The van der Waals surface area contributed by atoms with E-state index in [0.717, 1.165) is 34.4 Å². The van der Waals surface area contributed by atoms with Gasteiger partial charge in [-0.2, -0.15) is 0 Å². The summed E-state index contributed by atoms with van der Waals surface area (Å²) in [6.07, 6.45) is 0. The van der Waals surface area contributed by atoms with Crippen molar-refractivity contribution in [2.24, 2.45) is 0 Å². The molecule has 0 spiro atoms. The topological polar surface area (TPSA) is 24.9 Å². The number of benzene rings is 1. The van der Waals surface area contributed by atoms with E-state index in [2.05, 4.69) is 17.2 Å². The second kappa shape index (κ2) is 5.63. The number of aromatic nitrogens is 1. The first kappa shape index (κ1) is 12.6. The van der Waals surface area contributed by atoms with Gasteiger partial charge in [-0.15, -0.1) is 11.3 Å². The summed E-state index contributed by atoms with van der Waals surface area (Å²) in [6.45, 7) is 5.72. The normalized spacial score (nSPS) is 10.8. The molecule has 17 heavy (non-hydrogen) atoms. The van der Waals surface area contributed by atoms with Gasteiger partial charge in [-0.05, 0) is 25.5 Å². The van der Waals surface area contributed by atoms with Crippen molar-refractivity contribution >= 4 is 22.9 Å². The van der Waals surface area contributed by atoms with Gasteiger partial charge in [0.2, 0.25) is 0 Å². The van der Waals surface area contributed by atoms with Crippen molar-refractivity contribution in [1.82, 2.24) is 10.3 Å². The average molecular weight is 267 g/mol. The SMILES string of the molecule is Cc1nc(CNCc2ccccc2Cl)sc1C. The molecule has 2 aromatic rings. The van der Waals surface area contributed by atoms with E-state index in [-0.39, 0.29) is 0 Å². The molecule has 0 saturated carbocycles. The van der Waals surface area contributed by atoms with E-state index in [4.69, 9.17) is 11.6 Å². The molecule has 1 heterocycles. The lowest BCUT2D eigenvalue weighted by Gasteiger charge is -2.04. The molecular weight excluding hydrogens is 252 g/mol. The number of nitrogens with zero attached hydrogens (tertiary/aromatic N) is 1. The molecule has 0 saturated heterocycles. The Labute approximate surface area is 111 Å². The molecule has 0 aliphatic heterocycles. The zero-order valence-electron chi connectivity index (χ0n) is 9.96. The minimum atomic E-state index is 0.775. The minimum absolute atomic E-state index is 0.775. The molecule has 0 atom stereocenters. The summed E-state index contributed by atoms with van der Waals surface area (Å²) in [7, 11) is 0. The molecule has 0 bridgehead atoms. The molecule has 1 aromatic carbocycles. The summed E-state index contributed by atoms with van der Waals surface area (Å²) in [5.41, 5.74) is 2.25. The lowest BCUT2D eigenvalue weighted by molar-refractivity contribution is 0.689. The minimum Gasteiger partial charge on any atom is -0.306 e. The van der Waals surface area contributed by atoms with Crippen molar-refractivity contribution in [1.29, 1.82) is 0 Å². The Morgan fingerprint density at radius 1 is 1.24 bits per heavy atom. The van der Waals surface area contributed by atoms with Crippen LogP contribution in [0.15, 0.2) is 24.3 Å². The van der Waals surface area contributed by atoms with Gasteiger partial charge in [0.1, 0.15) is 5.01 Å². The number of rotatable bonds is 4. The van der Waals surface area contributed by atoms with Crippen molar-refractivity contribution in [3.05, 3.63) is 50.4 Å². The van der Waals surface area contributed by atoms with Gasteiger partial charge in [-0.1, -0.05) is 29.8 Å². The highest BCUT2D eigenvalue weighted by molar-refractivity contribution is 7.11. The van der Waals surface area contributed by atoms with E-state index in [1.807, 2.05) is 31.2 Å². The van der Waals surface area contributed by atoms with Crippen LogP contribution in [0.5, 0.6) is 0 Å². The third-order valence-electron chi connectivity index (χ3n) is 2.62. The van der Waals surface area contributed by atoms with Crippen molar-refractivity contribution in [3.63, 3.8) is 0 Å². The fraction of sp³-hybridized carbons (Fsp3) is 0.308. The van der Waals surface area contributed by atoms with E-state index in [1.54, 1.807) is 11.3 Å². The molecule has 0 radical (unpaired) electrons. The van der Waals surface area contributed by atoms with Crippen molar-refractivity contribution in [2.75, 3.05) is 0 Å². The van der Waals surface area contributed by atoms with Crippen LogP contribution >= 0.6 is 22.9 Å². The summed E-state index contributed by atoms with van der Waals surface area (Å²) < 4.78 is 0.